The second-order valence-corrected chi connectivity index (χ2v) is 21.3. The summed E-state index contributed by atoms with van der Waals surface area (Å²) in [5.41, 5.74) is 7.67. The molecule has 0 aliphatic carbocycles. The van der Waals surface area contributed by atoms with Crippen LogP contribution in [0, 0.1) is 33.1 Å². The molecule has 16 nitrogen and oxygen atoms in total. The van der Waals surface area contributed by atoms with Crippen molar-refractivity contribution in [1.29, 1.82) is 0 Å². The van der Waals surface area contributed by atoms with E-state index >= 15 is 0 Å². The maximum Gasteiger partial charge on any atom is 0.258 e. The topological polar surface area (TPSA) is 202 Å². The van der Waals surface area contributed by atoms with Gasteiger partial charge in [0.15, 0.2) is 23.9 Å². The van der Waals surface area contributed by atoms with Crippen LogP contribution in [0.2, 0.25) is 5.02 Å². The van der Waals surface area contributed by atoms with E-state index in [0.717, 1.165) is 54.0 Å². The van der Waals surface area contributed by atoms with Crippen LogP contribution >= 0.6 is 34.3 Å². The Bertz CT molecular complexity index is 2940. The molecule has 1 fully saturated rings. The molecular weight excluding hydrogens is 962 g/mol. The number of halogens is 1. The van der Waals surface area contributed by atoms with Crippen molar-refractivity contribution in [1.82, 2.24) is 40.6 Å². The second kappa shape index (κ2) is 21.9. The van der Waals surface area contributed by atoms with E-state index in [2.05, 4.69) is 45.0 Å². The third-order valence-corrected chi connectivity index (χ3v) is 15.0. The Morgan fingerprint density at radius 2 is 1.61 bits per heavy atom. The molecule has 2 aliphatic rings. The van der Waals surface area contributed by atoms with E-state index in [0.29, 0.717) is 41.1 Å². The van der Waals surface area contributed by atoms with Gasteiger partial charge in [-0.25, -0.2) is 4.98 Å². The molecule has 4 amide bonds. The molecule has 2 aliphatic heterocycles. The van der Waals surface area contributed by atoms with Gasteiger partial charge in [0, 0.05) is 47.1 Å². The standard InChI is InChI=1S/C52H58ClN9O7S2/c1-29-31(3)71-51-44(29)45(34-17-19-36(53)20-18-34)57-38(48-60-59-32(4)62(48)51)24-42(64)54-21-10-22-68-40-11-8-9-12-41(40)69-27-43(65)58-47(52(5,6)7)50(67)61-26-37(63)23-39(61)49(66)55-25-33-13-15-35(16-14-33)46-30(2)56-28-70-46/h8-9,11-20,28,37-39,47,63H,10,21-27H2,1-7H3,(H,54,64)(H,55,66)(H,58,65)/t37-,38+,39+,47-/m1/s1. The third-order valence-electron chi connectivity index (χ3n) is 12.6. The zero-order valence-corrected chi connectivity index (χ0v) is 43.1. The predicted molar refractivity (Wildman–Crippen MR) is 275 cm³/mol. The fourth-order valence-electron chi connectivity index (χ4n) is 8.68. The quantitative estimate of drug-likeness (QED) is 0.0668. The first kappa shape index (κ1) is 50.9. The van der Waals surface area contributed by atoms with Gasteiger partial charge in [-0.15, -0.1) is 32.9 Å². The number of amides is 4. The minimum absolute atomic E-state index is 0.0459. The third kappa shape index (κ3) is 11.7. The molecule has 0 unspecified atom stereocenters. The van der Waals surface area contributed by atoms with E-state index in [1.165, 1.54) is 4.90 Å². The van der Waals surface area contributed by atoms with Crippen LogP contribution in [0.1, 0.15) is 90.5 Å². The van der Waals surface area contributed by atoms with Crippen LogP contribution in [0.25, 0.3) is 15.4 Å². The molecule has 71 heavy (non-hydrogen) atoms. The van der Waals surface area contributed by atoms with Crippen LogP contribution in [-0.4, -0.2) is 104 Å². The highest BCUT2D eigenvalue weighted by Gasteiger charge is 2.44. The molecule has 0 radical (unpaired) electrons. The van der Waals surface area contributed by atoms with E-state index in [9.17, 15) is 24.3 Å². The minimum Gasteiger partial charge on any atom is -0.490 e. The number of aliphatic imine (C=N–C) groups is 1. The first-order valence-electron chi connectivity index (χ1n) is 23.5. The van der Waals surface area contributed by atoms with E-state index in [-0.39, 0.29) is 38.4 Å². The lowest BCUT2D eigenvalue weighted by Crippen LogP contribution is -2.58. The Kier molecular flexibility index (Phi) is 15.7. The number of hydrogen-bond donors (Lipinski definition) is 4. The summed E-state index contributed by atoms with van der Waals surface area (Å²) >= 11 is 9.47. The van der Waals surface area contributed by atoms with Gasteiger partial charge in [-0.05, 0) is 80.5 Å². The molecule has 0 saturated carbocycles. The van der Waals surface area contributed by atoms with Crippen LogP contribution < -0.4 is 25.4 Å². The first-order valence-corrected chi connectivity index (χ1v) is 25.6. The number of nitrogens with zero attached hydrogens (tertiary/aromatic N) is 6. The van der Waals surface area contributed by atoms with E-state index < -0.39 is 54.0 Å². The molecule has 1 saturated heterocycles. The van der Waals surface area contributed by atoms with Crippen LogP contribution in [-0.2, 0) is 25.7 Å². The monoisotopic (exact) mass is 1020 g/mol. The molecule has 4 N–H and O–H groups in total. The fraction of sp³-hybridized carbons (Fsp3) is 0.385. The van der Waals surface area contributed by atoms with E-state index in [4.69, 9.17) is 26.1 Å². The lowest BCUT2D eigenvalue weighted by Gasteiger charge is -2.35. The van der Waals surface area contributed by atoms with Crippen LogP contribution in [0.5, 0.6) is 11.5 Å². The number of aliphatic hydroxyl groups excluding tert-OH is 1. The van der Waals surface area contributed by atoms with Gasteiger partial charge in [0.05, 0.1) is 40.9 Å². The van der Waals surface area contributed by atoms with E-state index in [1.54, 1.807) is 46.9 Å². The number of ether oxygens (including phenoxy) is 2. The Hall–Kier alpha value is -6.47. The van der Waals surface area contributed by atoms with Crippen molar-refractivity contribution in [2.24, 2.45) is 10.4 Å². The number of thiazole rings is 1. The first-order chi connectivity index (χ1) is 34.0. The normalized spacial score (nSPS) is 16.8. The summed E-state index contributed by atoms with van der Waals surface area (Å²) in [5.74, 6) is 0.386. The largest absolute Gasteiger partial charge is 0.490 e. The number of aromatic nitrogens is 4. The summed E-state index contributed by atoms with van der Waals surface area (Å²) in [6.45, 7) is 13.8. The predicted octanol–water partition coefficient (Wildman–Crippen LogP) is 7.39. The highest BCUT2D eigenvalue weighted by molar-refractivity contribution is 7.15. The summed E-state index contributed by atoms with van der Waals surface area (Å²) in [4.78, 5) is 67.9. The molecule has 6 aromatic rings. The van der Waals surface area contributed by atoms with Crippen molar-refractivity contribution in [2.75, 3.05) is 26.3 Å². The van der Waals surface area contributed by atoms with Gasteiger partial charge in [0.2, 0.25) is 17.7 Å². The number of likely N-dealkylation sites (tertiary alicyclic amines) is 1. The van der Waals surface area contributed by atoms with Gasteiger partial charge in [-0.3, -0.25) is 28.7 Å². The minimum atomic E-state index is -1.03. The van der Waals surface area contributed by atoms with Gasteiger partial charge in [-0.1, -0.05) is 80.9 Å². The summed E-state index contributed by atoms with van der Waals surface area (Å²) in [6, 6.07) is 19.8. The number of carbonyl (C=O) groups is 4. The van der Waals surface area contributed by atoms with Gasteiger partial charge >= 0.3 is 0 Å². The van der Waals surface area contributed by atoms with E-state index in [1.807, 2.05) is 93.2 Å². The summed E-state index contributed by atoms with van der Waals surface area (Å²) in [7, 11) is 0. The molecule has 3 aromatic heterocycles. The number of aliphatic hydroxyl groups is 1. The number of fused-ring (bicyclic) bond motifs is 3. The smallest absolute Gasteiger partial charge is 0.258 e. The van der Waals surface area contributed by atoms with Gasteiger partial charge in [-0.2, -0.15) is 0 Å². The maximum atomic E-state index is 14.2. The van der Waals surface area contributed by atoms with Crippen molar-refractivity contribution in [3.05, 3.63) is 128 Å². The number of rotatable bonds is 17. The number of benzene rings is 3. The van der Waals surface area contributed by atoms with Crippen molar-refractivity contribution in [2.45, 2.75) is 98.5 Å². The lowest BCUT2D eigenvalue weighted by atomic mass is 9.85. The fourth-order valence-corrected chi connectivity index (χ4v) is 10.8. The van der Waals surface area contributed by atoms with Crippen molar-refractivity contribution < 1.29 is 33.8 Å². The maximum absolute atomic E-state index is 14.2. The molecule has 0 bridgehead atoms. The number of nitrogens with one attached hydrogen (secondary N) is 3. The molecule has 19 heteroatoms. The summed E-state index contributed by atoms with van der Waals surface area (Å²) in [6.07, 6.45) is -0.320. The van der Waals surface area contributed by atoms with Crippen molar-refractivity contribution in [3.63, 3.8) is 0 Å². The molecule has 3 aromatic carbocycles. The SMILES string of the molecule is Cc1ncsc1-c1ccc(CNC(=O)[C@@H]2C[C@@H](O)CN2C(=O)[C@@H](NC(=O)COc2ccccc2OCCCNC(=O)C[C@@H]2N=C(c3ccc(Cl)cc3)c3c(sc(C)c3C)-n3c(C)nnc32)C(C)(C)C)cc1. The van der Waals surface area contributed by atoms with Crippen molar-refractivity contribution >= 4 is 63.6 Å². The van der Waals surface area contributed by atoms with Gasteiger partial charge in [0.25, 0.3) is 5.91 Å². The molecule has 0 spiro atoms. The molecule has 8 rings (SSSR count). The number of carbonyl (C=O) groups excluding carboxylic acids is 4. The van der Waals surface area contributed by atoms with Gasteiger partial charge < -0.3 is 35.4 Å². The molecule has 372 valence electrons. The number of thiophene rings is 1. The average molecular weight is 1020 g/mol. The summed E-state index contributed by atoms with van der Waals surface area (Å²) in [5, 5.41) is 29.9. The zero-order chi connectivity index (χ0) is 50.6. The Labute approximate surface area is 425 Å². The van der Waals surface area contributed by atoms with Crippen molar-refractivity contribution in [3.8, 4) is 26.9 Å². The Morgan fingerprint density at radius 1 is 0.901 bits per heavy atom. The second-order valence-electron chi connectivity index (χ2n) is 18.8. The molecule has 5 heterocycles. The summed E-state index contributed by atoms with van der Waals surface area (Å²) < 4.78 is 14.0. The zero-order valence-electron chi connectivity index (χ0n) is 40.7. The average Bonchev–Trinajstić information content (AvgIpc) is 4.11. The van der Waals surface area contributed by atoms with Crippen LogP contribution in [0.4, 0.5) is 0 Å². The Morgan fingerprint density at radius 3 is 2.30 bits per heavy atom. The number of hydrogen-bond acceptors (Lipinski definition) is 13. The van der Waals surface area contributed by atoms with Crippen LogP contribution in [0.15, 0.2) is 83.3 Å². The van der Waals surface area contributed by atoms with Crippen LogP contribution in [0.3, 0.4) is 0 Å². The number of para-hydroxylation sites is 2. The highest BCUT2D eigenvalue weighted by Crippen LogP contribution is 2.40. The molecular formula is C52H58ClN9O7S2. The lowest BCUT2D eigenvalue weighted by molar-refractivity contribution is -0.144. The van der Waals surface area contributed by atoms with Gasteiger partial charge in [0.1, 0.15) is 29.0 Å². The highest BCUT2D eigenvalue weighted by atomic mass is 35.5. The Balaban J connectivity index is 0.829. The molecule has 4 atom stereocenters. The number of aryl methyl sites for hydroxylation is 3. The number of β-amino-alcohol motifs (C(OH)–C–C–N with tert-alkyl or cyclic N) is 1.